The van der Waals surface area contributed by atoms with Crippen molar-refractivity contribution in [3.63, 3.8) is 0 Å². The van der Waals surface area contributed by atoms with E-state index in [-0.39, 0.29) is 30.5 Å². The summed E-state index contributed by atoms with van der Waals surface area (Å²) in [5.74, 6) is -0.251. The van der Waals surface area contributed by atoms with Gasteiger partial charge < -0.3 is 10.2 Å². The molecule has 0 saturated carbocycles. The molecule has 0 aromatic carbocycles. The van der Waals surface area contributed by atoms with Crippen molar-refractivity contribution in [3.05, 3.63) is 23.8 Å². The Morgan fingerprint density at radius 3 is 2.86 bits per heavy atom. The smallest absolute Gasteiger partial charge is 0.331 e. The molecule has 1 aliphatic heterocycles. The minimum absolute atomic E-state index is 0.102. The molecule has 1 saturated heterocycles. The third kappa shape index (κ3) is 3.92. The summed E-state index contributed by atoms with van der Waals surface area (Å²) in [5, 5.41) is 2.47. The van der Waals surface area contributed by atoms with Gasteiger partial charge in [0.05, 0.1) is 6.54 Å². The Kier molecular flexibility index (Phi) is 4.62. The zero-order valence-electron chi connectivity index (χ0n) is 11.9. The zero-order valence-corrected chi connectivity index (χ0v) is 11.9. The number of aromatic nitrogens is 2. The standard InChI is InChI=1S/C13H15F3N4O2/c1-8-7-20(5-3-9(8)21)12(22)18-6-11-17-4-2-10(19-11)13(14,15)16/h2,4,8H,3,5-7H2,1H3,(H,18,22). The van der Waals surface area contributed by atoms with Gasteiger partial charge in [-0.05, 0) is 6.07 Å². The number of rotatable bonds is 2. The van der Waals surface area contributed by atoms with Crippen LogP contribution in [0.1, 0.15) is 24.9 Å². The highest BCUT2D eigenvalue weighted by molar-refractivity contribution is 5.84. The number of amides is 2. The average molecular weight is 316 g/mol. The molecule has 0 aliphatic carbocycles. The molecule has 1 aromatic rings. The Morgan fingerprint density at radius 1 is 1.50 bits per heavy atom. The molecule has 1 N–H and O–H groups in total. The van der Waals surface area contributed by atoms with Crippen molar-refractivity contribution in [1.29, 1.82) is 0 Å². The van der Waals surface area contributed by atoms with Crippen molar-refractivity contribution in [3.8, 4) is 0 Å². The van der Waals surface area contributed by atoms with Crippen LogP contribution in [-0.2, 0) is 17.5 Å². The second kappa shape index (κ2) is 6.29. The van der Waals surface area contributed by atoms with E-state index in [1.807, 2.05) is 0 Å². The largest absolute Gasteiger partial charge is 0.433 e. The van der Waals surface area contributed by atoms with E-state index in [1.54, 1.807) is 6.92 Å². The number of hydrogen-bond donors (Lipinski definition) is 1. The first-order valence-corrected chi connectivity index (χ1v) is 6.72. The fourth-order valence-corrected chi connectivity index (χ4v) is 2.11. The number of nitrogens with one attached hydrogen (secondary N) is 1. The van der Waals surface area contributed by atoms with Gasteiger partial charge >= 0.3 is 12.2 Å². The van der Waals surface area contributed by atoms with Crippen LogP contribution in [0.5, 0.6) is 0 Å². The maximum Gasteiger partial charge on any atom is 0.433 e. The van der Waals surface area contributed by atoms with Gasteiger partial charge in [-0.25, -0.2) is 14.8 Å². The van der Waals surface area contributed by atoms with Crippen LogP contribution in [0, 0.1) is 5.92 Å². The van der Waals surface area contributed by atoms with E-state index in [4.69, 9.17) is 0 Å². The second-order valence-corrected chi connectivity index (χ2v) is 5.08. The summed E-state index contributed by atoms with van der Waals surface area (Å²) in [6.07, 6.45) is -3.27. The van der Waals surface area contributed by atoms with Gasteiger partial charge in [-0.1, -0.05) is 6.92 Å². The molecule has 0 bridgehead atoms. The Labute approximate surface area is 124 Å². The summed E-state index contributed by atoms with van der Waals surface area (Å²) < 4.78 is 37.6. The molecule has 9 heteroatoms. The molecule has 2 heterocycles. The second-order valence-electron chi connectivity index (χ2n) is 5.08. The van der Waals surface area contributed by atoms with Gasteiger partial charge in [-0.2, -0.15) is 13.2 Å². The Hall–Kier alpha value is -2.19. The van der Waals surface area contributed by atoms with Gasteiger partial charge in [0.2, 0.25) is 0 Å². The van der Waals surface area contributed by atoms with Crippen LogP contribution in [0.4, 0.5) is 18.0 Å². The SMILES string of the molecule is CC1CN(C(=O)NCc2nccc(C(F)(F)F)n2)CCC1=O. The minimum Gasteiger partial charge on any atom is -0.331 e. The van der Waals surface area contributed by atoms with Crippen LogP contribution in [0.2, 0.25) is 0 Å². The zero-order chi connectivity index (χ0) is 16.3. The van der Waals surface area contributed by atoms with Crippen LogP contribution in [-0.4, -0.2) is 39.8 Å². The fourth-order valence-electron chi connectivity index (χ4n) is 2.11. The molecule has 1 aromatic heterocycles. The molecule has 120 valence electrons. The lowest BCUT2D eigenvalue weighted by atomic mass is 9.99. The average Bonchev–Trinajstić information content (AvgIpc) is 2.47. The number of piperidine rings is 1. The number of halogens is 3. The summed E-state index contributed by atoms with van der Waals surface area (Å²) in [5.41, 5.74) is -1.05. The maximum absolute atomic E-state index is 12.5. The topological polar surface area (TPSA) is 75.2 Å². The van der Waals surface area contributed by atoms with Crippen LogP contribution >= 0.6 is 0 Å². The lowest BCUT2D eigenvalue weighted by Gasteiger charge is -2.29. The van der Waals surface area contributed by atoms with Crippen LogP contribution < -0.4 is 5.32 Å². The Balaban J connectivity index is 1.93. The van der Waals surface area contributed by atoms with Gasteiger partial charge in [-0.15, -0.1) is 0 Å². The van der Waals surface area contributed by atoms with Crippen molar-refractivity contribution in [2.45, 2.75) is 26.1 Å². The molecule has 22 heavy (non-hydrogen) atoms. The van der Waals surface area contributed by atoms with Gasteiger partial charge in [0.1, 0.15) is 17.3 Å². The highest BCUT2D eigenvalue weighted by Gasteiger charge is 2.33. The summed E-state index contributed by atoms with van der Waals surface area (Å²) in [7, 11) is 0. The minimum atomic E-state index is -4.55. The Morgan fingerprint density at radius 2 is 2.23 bits per heavy atom. The number of carbonyl (C=O) groups excluding carboxylic acids is 2. The Bertz CT molecular complexity index is 577. The summed E-state index contributed by atoms with van der Waals surface area (Å²) in [4.78, 5) is 31.8. The van der Waals surface area contributed by atoms with Gasteiger partial charge in [0.25, 0.3) is 0 Å². The molecule has 1 fully saturated rings. The van der Waals surface area contributed by atoms with E-state index in [2.05, 4.69) is 15.3 Å². The number of likely N-dealkylation sites (tertiary alicyclic amines) is 1. The predicted molar refractivity (Wildman–Crippen MR) is 69.6 cm³/mol. The maximum atomic E-state index is 12.5. The van der Waals surface area contributed by atoms with E-state index in [0.29, 0.717) is 13.1 Å². The quantitative estimate of drug-likeness (QED) is 0.899. The van der Waals surface area contributed by atoms with Crippen molar-refractivity contribution in [2.75, 3.05) is 13.1 Å². The summed E-state index contributed by atoms with van der Waals surface area (Å²) in [6.45, 7) is 2.13. The molecule has 2 amide bonds. The molecular weight excluding hydrogens is 301 g/mol. The normalized spacial score (nSPS) is 19.2. The predicted octanol–water partition coefficient (Wildman–Crippen LogP) is 1.62. The van der Waals surface area contributed by atoms with Crippen LogP contribution in [0.25, 0.3) is 0 Å². The lowest BCUT2D eigenvalue weighted by Crippen LogP contribution is -2.47. The summed E-state index contributed by atoms with van der Waals surface area (Å²) >= 11 is 0. The first-order chi connectivity index (χ1) is 10.3. The van der Waals surface area contributed by atoms with Gasteiger partial charge in [-0.3, -0.25) is 4.79 Å². The number of hydrogen-bond acceptors (Lipinski definition) is 4. The molecule has 6 nitrogen and oxygen atoms in total. The molecule has 2 rings (SSSR count). The third-order valence-corrected chi connectivity index (χ3v) is 3.35. The number of alkyl halides is 3. The fraction of sp³-hybridized carbons (Fsp3) is 0.538. The molecule has 0 radical (unpaired) electrons. The lowest BCUT2D eigenvalue weighted by molar-refractivity contribution is -0.141. The molecule has 1 aliphatic rings. The highest BCUT2D eigenvalue weighted by Crippen LogP contribution is 2.26. The van der Waals surface area contributed by atoms with E-state index >= 15 is 0 Å². The number of ketones is 1. The van der Waals surface area contributed by atoms with Crippen molar-refractivity contribution < 1.29 is 22.8 Å². The molecule has 0 spiro atoms. The van der Waals surface area contributed by atoms with E-state index in [0.717, 1.165) is 12.3 Å². The van der Waals surface area contributed by atoms with E-state index < -0.39 is 17.9 Å². The van der Waals surface area contributed by atoms with E-state index in [9.17, 15) is 22.8 Å². The third-order valence-electron chi connectivity index (χ3n) is 3.35. The van der Waals surface area contributed by atoms with Crippen molar-refractivity contribution in [2.24, 2.45) is 5.92 Å². The van der Waals surface area contributed by atoms with Gasteiger partial charge in [0.15, 0.2) is 0 Å². The van der Waals surface area contributed by atoms with Crippen molar-refractivity contribution in [1.82, 2.24) is 20.2 Å². The number of urea groups is 1. The monoisotopic (exact) mass is 316 g/mol. The first-order valence-electron chi connectivity index (χ1n) is 6.72. The molecule has 1 atom stereocenters. The number of Topliss-reactive ketones (excluding diaryl/α,β-unsaturated/α-hetero) is 1. The highest BCUT2D eigenvalue weighted by atomic mass is 19.4. The number of nitrogens with zero attached hydrogens (tertiary/aromatic N) is 3. The van der Waals surface area contributed by atoms with Crippen LogP contribution in [0.15, 0.2) is 12.3 Å². The van der Waals surface area contributed by atoms with Gasteiger partial charge in [0, 0.05) is 31.6 Å². The first kappa shape index (κ1) is 16.2. The molecule has 1 unspecified atom stereocenters. The molecular formula is C13H15F3N4O2. The van der Waals surface area contributed by atoms with Crippen LogP contribution in [0.3, 0.4) is 0 Å². The number of carbonyl (C=O) groups is 2. The van der Waals surface area contributed by atoms with E-state index in [1.165, 1.54) is 4.90 Å². The summed E-state index contributed by atoms with van der Waals surface area (Å²) in [6, 6.07) is 0.323. The van der Waals surface area contributed by atoms with Crippen molar-refractivity contribution >= 4 is 11.8 Å².